The van der Waals surface area contributed by atoms with Crippen LogP contribution in [0.15, 0.2) is 48.5 Å². The van der Waals surface area contributed by atoms with Crippen molar-refractivity contribution in [3.8, 4) is 0 Å². The summed E-state index contributed by atoms with van der Waals surface area (Å²) in [5, 5.41) is 2.66. The largest absolute Gasteiger partial charge is 0.464 e. The van der Waals surface area contributed by atoms with Crippen LogP contribution in [-0.4, -0.2) is 24.4 Å². The van der Waals surface area contributed by atoms with E-state index in [0.29, 0.717) is 11.1 Å². The van der Waals surface area contributed by atoms with Crippen LogP contribution in [0.4, 0.5) is 0 Å². The van der Waals surface area contributed by atoms with Gasteiger partial charge in [-0.15, -0.1) is 0 Å². The number of nitrogens with one attached hydrogen (secondary N) is 1. The van der Waals surface area contributed by atoms with Crippen LogP contribution in [0, 0.1) is 6.92 Å². The third-order valence-corrected chi connectivity index (χ3v) is 3.55. The van der Waals surface area contributed by atoms with Crippen molar-refractivity contribution in [2.45, 2.75) is 19.9 Å². The van der Waals surface area contributed by atoms with Gasteiger partial charge in [0.15, 0.2) is 6.04 Å². The van der Waals surface area contributed by atoms with Crippen LogP contribution in [0.1, 0.15) is 44.8 Å². The number of aryl methyl sites for hydroxylation is 1. The molecule has 0 saturated carbocycles. The van der Waals surface area contributed by atoms with Crippen molar-refractivity contribution in [3.05, 3.63) is 70.8 Å². The molecule has 0 spiro atoms. The Kier molecular flexibility index (Phi) is 5.89. The molecule has 0 heterocycles. The monoisotopic (exact) mass is 340 g/mol. The lowest BCUT2D eigenvalue weighted by molar-refractivity contribution is -0.145. The summed E-state index contributed by atoms with van der Waals surface area (Å²) >= 11 is 0. The molecule has 0 saturated heterocycles. The van der Waals surface area contributed by atoms with E-state index in [-0.39, 0.29) is 17.7 Å². The minimum absolute atomic E-state index is 0.203. The first kappa shape index (κ1) is 18.2. The molecule has 130 valence electrons. The second-order valence-corrected chi connectivity index (χ2v) is 5.52. The highest BCUT2D eigenvalue weighted by Crippen LogP contribution is 2.17. The van der Waals surface area contributed by atoms with Gasteiger partial charge in [-0.2, -0.15) is 0 Å². The highest BCUT2D eigenvalue weighted by atomic mass is 16.5. The fraction of sp³-hybridized carbons (Fsp3) is 0.211. The molecule has 0 radical (unpaired) electrons. The van der Waals surface area contributed by atoms with Crippen molar-refractivity contribution < 1.29 is 19.1 Å². The van der Waals surface area contributed by atoms with Crippen molar-refractivity contribution >= 4 is 17.8 Å². The van der Waals surface area contributed by atoms with Gasteiger partial charge >= 0.3 is 5.97 Å². The summed E-state index contributed by atoms with van der Waals surface area (Å²) in [6.07, 6.45) is 0. The normalized spacial score (nSPS) is 11.4. The number of ether oxygens (including phenoxy) is 1. The molecule has 0 aliphatic rings. The van der Waals surface area contributed by atoms with E-state index in [2.05, 4.69) is 5.32 Å². The van der Waals surface area contributed by atoms with Gasteiger partial charge in [-0.3, -0.25) is 9.59 Å². The van der Waals surface area contributed by atoms with Gasteiger partial charge in [-0.1, -0.05) is 30.3 Å². The summed E-state index contributed by atoms with van der Waals surface area (Å²) in [6.45, 7) is 3.65. The van der Waals surface area contributed by atoms with Crippen molar-refractivity contribution in [1.29, 1.82) is 0 Å². The van der Waals surface area contributed by atoms with Crippen LogP contribution in [0.25, 0.3) is 0 Å². The zero-order valence-electron chi connectivity index (χ0n) is 14.1. The van der Waals surface area contributed by atoms with E-state index in [9.17, 15) is 14.4 Å². The number of benzene rings is 2. The van der Waals surface area contributed by atoms with E-state index in [1.54, 1.807) is 50.2 Å². The van der Waals surface area contributed by atoms with Crippen molar-refractivity contribution in [1.82, 2.24) is 5.32 Å². The average molecular weight is 340 g/mol. The number of hydrogen-bond acceptors (Lipinski definition) is 4. The number of carbonyl (C=O) groups excluding carboxylic acids is 3. The Morgan fingerprint density at radius 2 is 1.72 bits per heavy atom. The van der Waals surface area contributed by atoms with Gasteiger partial charge in [-0.25, -0.2) is 4.79 Å². The summed E-state index contributed by atoms with van der Waals surface area (Å²) in [5.74, 6) is -1.67. The van der Waals surface area contributed by atoms with Gasteiger partial charge in [0.1, 0.15) is 0 Å². The minimum atomic E-state index is -0.939. The Bertz CT molecular complexity index is 787. The second kappa shape index (κ2) is 8.10. The highest BCUT2D eigenvalue weighted by molar-refractivity contribution is 6.00. The second-order valence-electron chi connectivity index (χ2n) is 5.52. The molecule has 2 aromatic carbocycles. The molecule has 0 aliphatic carbocycles. The molecule has 0 bridgehead atoms. The van der Waals surface area contributed by atoms with E-state index in [4.69, 9.17) is 10.5 Å². The molecule has 0 aliphatic heterocycles. The number of primary amides is 1. The first-order valence-electron chi connectivity index (χ1n) is 7.86. The first-order valence-corrected chi connectivity index (χ1v) is 7.86. The Balaban J connectivity index is 2.31. The Hall–Kier alpha value is -3.15. The van der Waals surface area contributed by atoms with Gasteiger partial charge < -0.3 is 15.8 Å². The fourth-order valence-electron chi connectivity index (χ4n) is 2.42. The Morgan fingerprint density at radius 1 is 1.08 bits per heavy atom. The lowest BCUT2D eigenvalue weighted by atomic mass is 10.0. The maximum Gasteiger partial charge on any atom is 0.333 e. The van der Waals surface area contributed by atoms with E-state index in [0.717, 1.165) is 0 Å². The molecule has 0 aromatic heterocycles. The molecular formula is C19H20N2O4. The molecule has 2 amide bonds. The number of carbonyl (C=O) groups is 3. The Labute approximate surface area is 146 Å². The summed E-state index contributed by atoms with van der Waals surface area (Å²) in [7, 11) is 0. The quantitative estimate of drug-likeness (QED) is 0.787. The third-order valence-electron chi connectivity index (χ3n) is 3.55. The molecule has 1 unspecified atom stereocenters. The van der Waals surface area contributed by atoms with Crippen LogP contribution in [0.3, 0.4) is 0 Å². The Morgan fingerprint density at radius 3 is 2.32 bits per heavy atom. The molecule has 0 fully saturated rings. The summed E-state index contributed by atoms with van der Waals surface area (Å²) in [5.41, 5.74) is 7.09. The van der Waals surface area contributed by atoms with Gasteiger partial charge in [0.05, 0.1) is 6.61 Å². The zero-order valence-corrected chi connectivity index (χ0v) is 14.1. The molecule has 3 N–H and O–H groups in total. The number of amides is 2. The van der Waals surface area contributed by atoms with Crippen LogP contribution in [0.2, 0.25) is 0 Å². The predicted molar refractivity (Wildman–Crippen MR) is 93.0 cm³/mol. The van der Waals surface area contributed by atoms with Crippen LogP contribution < -0.4 is 11.1 Å². The van der Waals surface area contributed by atoms with E-state index in [1.165, 1.54) is 6.07 Å². The topological polar surface area (TPSA) is 98.5 Å². The zero-order chi connectivity index (χ0) is 18.4. The van der Waals surface area contributed by atoms with Gasteiger partial charge in [0.2, 0.25) is 5.91 Å². The number of nitrogens with two attached hydrogens (primary N) is 1. The average Bonchev–Trinajstić information content (AvgIpc) is 2.59. The van der Waals surface area contributed by atoms with E-state index < -0.39 is 23.8 Å². The van der Waals surface area contributed by atoms with Crippen molar-refractivity contribution in [3.63, 3.8) is 0 Å². The molecule has 2 aromatic rings. The molecule has 2 rings (SSSR count). The van der Waals surface area contributed by atoms with Gasteiger partial charge in [0.25, 0.3) is 5.91 Å². The third kappa shape index (κ3) is 4.67. The fourth-order valence-corrected chi connectivity index (χ4v) is 2.42. The van der Waals surface area contributed by atoms with Crippen molar-refractivity contribution in [2.24, 2.45) is 5.73 Å². The molecule has 25 heavy (non-hydrogen) atoms. The van der Waals surface area contributed by atoms with Crippen LogP contribution in [0.5, 0.6) is 0 Å². The number of rotatable bonds is 6. The molecule has 6 nitrogen and oxygen atoms in total. The lowest BCUT2D eigenvalue weighted by Gasteiger charge is -2.18. The molecule has 1 atom stereocenters. The SMILES string of the molecule is CCOC(=O)C(NC(=O)c1cc(C)cc(C(N)=O)c1)c1ccccc1. The van der Waals surface area contributed by atoms with Crippen molar-refractivity contribution in [2.75, 3.05) is 6.61 Å². The minimum Gasteiger partial charge on any atom is -0.464 e. The van der Waals surface area contributed by atoms with E-state index >= 15 is 0 Å². The van der Waals surface area contributed by atoms with Crippen LogP contribution >= 0.6 is 0 Å². The summed E-state index contributed by atoms with van der Waals surface area (Å²) in [6, 6.07) is 12.5. The van der Waals surface area contributed by atoms with Gasteiger partial charge in [0, 0.05) is 11.1 Å². The predicted octanol–water partition coefficient (Wildman–Crippen LogP) is 2.13. The maximum atomic E-state index is 12.6. The maximum absolute atomic E-state index is 12.6. The number of esters is 1. The van der Waals surface area contributed by atoms with E-state index in [1.807, 2.05) is 6.07 Å². The van der Waals surface area contributed by atoms with Gasteiger partial charge in [-0.05, 0) is 43.2 Å². The summed E-state index contributed by atoms with van der Waals surface area (Å²) in [4.78, 5) is 36.2. The molecule has 6 heteroatoms. The lowest BCUT2D eigenvalue weighted by Crippen LogP contribution is -2.35. The smallest absolute Gasteiger partial charge is 0.333 e. The summed E-state index contributed by atoms with van der Waals surface area (Å²) < 4.78 is 5.05. The molecular weight excluding hydrogens is 320 g/mol. The first-order chi connectivity index (χ1) is 11.9. The highest BCUT2D eigenvalue weighted by Gasteiger charge is 2.24. The number of hydrogen-bond donors (Lipinski definition) is 2. The standard InChI is InChI=1S/C19H20N2O4/c1-3-25-19(24)16(13-7-5-4-6-8-13)21-18(23)15-10-12(2)9-14(11-15)17(20)22/h4-11,16H,3H2,1-2H3,(H2,20,22)(H,21,23). The van der Waals surface area contributed by atoms with Crippen LogP contribution in [-0.2, 0) is 9.53 Å².